The van der Waals surface area contributed by atoms with Crippen LogP contribution in [-0.4, -0.2) is 33.0 Å². The lowest BCUT2D eigenvalue weighted by Crippen LogP contribution is -2.38. The predicted octanol–water partition coefficient (Wildman–Crippen LogP) is 1.57. The fourth-order valence-corrected chi connectivity index (χ4v) is 1.54. The minimum absolute atomic E-state index is 0.0500. The molecule has 0 aliphatic rings. The van der Waals surface area contributed by atoms with Gasteiger partial charge in [-0.3, -0.25) is 0 Å². The molecule has 9 heteroatoms. The van der Waals surface area contributed by atoms with Gasteiger partial charge in [-0.1, -0.05) is 20.4 Å². The van der Waals surface area contributed by atoms with E-state index in [-0.39, 0.29) is 13.0 Å². The zero-order valence-corrected chi connectivity index (χ0v) is 11.4. The molecule has 1 N–H and O–H groups in total. The molecule has 0 spiro atoms. The zero-order valence-electron chi connectivity index (χ0n) is 10.6. The maximum absolute atomic E-state index is 12.0. The van der Waals surface area contributed by atoms with Gasteiger partial charge in [0.2, 0.25) is 0 Å². The van der Waals surface area contributed by atoms with Gasteiger partial charge in [0.05, 0.1) is 6.61 Å². The number of ether oxygens (including phenoxy) is 1. The van der Waals surface area contributed by atoms with E-state index < -0.39 is 33.5 Å². The number of esters is 1. The Kier molecular flexibility index (Phi) is 6.01. The number of halogens is 3. The highest BCUT2D eigenvalue weighted by Crippen LogP contribution is 2.23. The predicted molar refractivity (Wildman–Crippen MR) is 62.5 cm³/mol. The number of carbonyl (C=O) groups excluding carboxylic acids is 1. The number of hydrogen-bond acceptors (Lipinski definition) is 4. The standard InChI is InChI=1S/C10H16F3NO4S/c1-4-8(15)18-7-9(2,3)5-6-14-19(16,17)10(11,12)13/h4,14H,1,5-7H2,2-3H3. The summed E-state index contributed by atoms with van der Waals surface area (Å²) in [5.41, 5.74) is -5.99. The molecule has 0 radical (unpaired) electrons. The first-order valence-electron chi connectivity index (χ1n) is 5.26. The summed E-state index contributed by atoms with van der Waals surface area (Å²) in [5, 5.41) is 0. The van der Waals surface area contributed by atoms with Crippen molar-refractivity contribution in [3.63, 3.8) is 0 Å². The van der Waals surface area contributed by atoms with Crippen molar-refractivity contribution in [1.82, 2.24) is 4.72 Å². The molecule has 0 aliphatic heterocycles. The van der Waals surface area contributed by atoms with Crippen LogP contribution in [0.3, 0.4) is 0 Å². The molecule has 0 heterocycles. The summed E-state index contributed by atoms with van der Waals surface area (Å²) in [6, 6.07) is 0. The van der Waals surface area contributed by atoms with Crippen molar-refractivity contribution in [3.8, 4) is 0 Å². The van der Waals surface area contributed by atoms with Crippen molar-refractivity contribution in [2.45, 2.75) is 25.8 Å². The van der Waals surface area contributed by atoms with E-state index in [1.165, 1.54) is 4.72 Å². The second-order valence-corrected chi connectivity index (χ2v) is 6.33. The van der Waals surface area contributed by atoms with Crippen LogP contribution in [-0.2, 0) is 19.6 Å². The molecule has 0 fully saturated rings. The third-order valence-electron chi connectivity index (χ3n) is 2.17. The van der Waals surface area contributed by atoms with E-state index in [9.17, 15) is 26.4 Å². The third kappa shape index (κ3) is 6.58. The lowest BCUT2D eigenvalue weighted by molar-refractivity contribution is -0.140. The van der Waals surface area contributed by atoms with Crippen LogP contribution in [0, 0.1) is 5.41 Å². The summed E-state index contributed by atoms with van der Waals surface area (Å²) < 4.78 is 63.7. The Morgan fingerprint density at radius 3 is 2.32 bits per heavy atom. The van der Waals surface area contributed by atoms with Crippen LogP contribution in [0.25, 0.3) is 0 Å². The first-order chi connectivity index (χ1) is 8.41. The Bertz CT molecular complexity index is 429. The van der Waals surface area contributed by atoms with E-state index in [0.717, 1.165) is 6.08 Å². The molecule has 0 aromatic rings. The third-order valence-corrected chi connectivity index (χ3v) is 3.36. The van der Waals surface area contributed by atoms with Gasteiger partial charge in [-0.15, -0.1) is 0 Å². The van der Waals surface area contributed by atoms with Gasteiger partial charge in [0.15, 0.2) is 0 Å². The Morgan fingerprint density at radius 2 is 1.89 bits per heavy atom. The van der Waals surface area contributed by atoms with Crippen LogP contribution in [0.4, 0.5) is 13.2 Å². The first-order valence-corrected chi connectivity index (χ1v) is 6.75. The van der Waals surface area contributed by atoms with E-state index in [4.69, 9.17) is 4.74 Å². The Labute approximate surface area is 109 Å². The van der Waals surface area contributed by atoms with Gasteiger partial charge in [0, 0.05) is 18.0 Å². The summed E-state index contributed by atoms with van der Waals surface area (Å²) in [5.74, 6) is -0.649. The van der Waals surface area contributed by atoms with Crippen LogP contribution in [0.2, 0.25) is 0 Å². The molecule has 0 unspecified atom stereocenters. The van der Waals surface area contributed by atoms with Gasteiger partial charge >= 0.3 is 21.5 Å². The number of rotatable bonds is 7. The summed E-state index contributed by atoms with van der Waals surface area (Å²) in [7, 11) is -5.33. The summed E-state index contributed by atoms with van der Waals surface area (Å²) in [6.45, 7) is 6.00. The van der Waals surface area contributed by atoms with E-state index in [1.54, 1.807) is 13.8 Å². The monoisotopic (exact) mass is 303 g/mol. The molecule has 0 saturated carbocycles. The molecule has 0 aromatic heterocycles. The van der Waals surface area contributed by atoms with E-state index in [0.29, 0.717) is 0 Å². The highest BCUT2D eigenvalue weighted by Gasteiger charge is 2.45. The van der Waals surface area contributed by atoms with Gasteiger partial charge in [-0.25, -0.2) is 17.9 Å². The van der Waals surface area contributed by atoms with E-state index in [2.05, 4.69) is 6.58 Å². The molecule has 0 aromatic carbocycles. The lowest BCUT2D eigenvalue weighted by atomic mass is 9.91. The lowest BCUT2D eigenvalue weighted by Gasteiger charge is -2.24. The second-order valence-electron chi connectivity index (χ2n) is 4.57. The van der Waals surface area contributed by atoms with Gasteiger partial charge in [-0.05, 0) is 6.42 Å². The van der Waals surface area contributed by atoms with Crippen molar-refractivity contribution in [3.05, 3.63) is 12.7 Å². The molecule has 112 valence electrons. The quantitative estimate of drug-likeness (QED) is 0.572. The molecule has 0 amide bonds. The number of hydrogen-bond donors (Lipinski definition) is 1. The molecular weight excluding hydrogens is 287 g/mol. The van der Waals surface area contributed by atoms with Crippen molar-refractivity contribution < 1.29 is 31.1 Å². The van der Waals surface area contributed by atoms with E-state index in [1.807, 2.05) is 0 Å². The topological polar surface area (TPSA) is 72.5 Å². The highest BCUT2D eigenvalue weighted by atomic mass is 32.2. The number of carbonyl (C=O) groups is 1. The summed E-state index contributed by atoms with van der Waals surface area (Å²) >= 11 is 0. The smallest absolute Gasteiger partial charge is 0.462 e. The summed E-state index contributed by atoms with van der Waals surface area (Å²) in [4.78, 5) is 10.8. The van der Waals surface area contributed by atoms with E-state index >= 15 is 0 Å². The van der Waals surface area contributed by atoms with Gasteiger partial charge < -0.3 is 4.74 Å². The van der Waals surface area contributed by atoms with Gasteiger partial charge in [-0.2, -0.15) is 13.2 Å². The van der Waals surface area contributed by atoms with Crippen molar-refractivity contribution in [2.75, 3.05) is 13.2 Å². The van der Waals surface area contributed by atoms with Crippen molar-refractivity contribution in [1.29, 1.82) is 0 Å². The molecular formula is C10H16F3NO4S. The fourth-order valence-electron chi connectivity index (χ4n) is 1.00. The molecule has 0 bridgehead atoms. The fraction of sp³-hybridized carbons (Fsp3) is 0.700. The molecule has 0 atom stereocenters. The summed E-state index contributed by atoms with van der Waals surface area (Å²) in [6.07, 6.45) is 1.04. The van der Waals surface area contributed by atoms with Gasteiger partial charge in [0.25, 0.3) is 0 Å². The maximum atomic E-state index is 12.0. The van der Waals surface area contributed by atoms with Gasteiger partial charge in [0.1, 0.15) is 0 Å². The first kappa shape index (κ1) is 17.9. The van der Waals surface area contributed by atoms with Crippen LogP contribution in [0.1, 0.15) is 20.3 Å². The van der Waals surface area contributed by atoms with Crippen LogP contribution < -0.4 is 4.72 Å². The average Bonchev–Trinajstić information content (AvgIpc) is 2.23. The normalized spacial score (nSPS) is 13.1. The SMILES string of the molecule is C=CC(=O)OCC(C)(C)CCNS(=O)(=O)C(F)(F)F. The minimum Gasteiger partial charge on any atom is -0.462 e. The molecule has 0 saturated heterocycles. The van der Waals surface area contributed by atoms with Crippen LogP contribution in [0.5, 0.6) is 0 Å². The largest absolute Gasteiger partial charge is 0.511 e. The number of alkyl halides is 3. The second kappa shape index (κ2) is 6.38. The average molecular weight is 303 g/mol. The Balaban J connectivity index is 4.26. The molecule has 5 nitrogen and oxygen atoms in total. The minimum atomic E-state index is -5.33. The zero-order chi connectivity index (χ0) is 15.3. The molecule has 19 heavy (non-hydrogen) atoms. The Morgan fingerprint density at radius 1 is 1.37 bits per heavy atom. The Hall–Kier alpha value is -1.09. The molecule has 0 rings (SSSR count). The van der Waals surface area contributed by atoms with Crippen LogP contribution in [0.15, 0.2) is 12.7 Å². The number of nitrogens with one attached hydrogen (secondary N) is 1. The van der Waals surface area contributed by atoms with Crippen molar-refractivity contribution in [2.24, 2.45) is 5.41 Å². The highest BCUT2D eigenvalue weighted by molar-refractivity contribution is 7.90. The number of sulfonamides is 1. The van der Waals surface area contributed by atoms with Crippen LogP contribution >= 0.6 is 0 Å². The van der Waals surface area contributed by atoms with Crippen molar-refractivity contribution >= 4 is 16.0 Å². The maximum Gasteiger partial charge on any atom is 0.511 e. The molecule has 0 aliphatic carbocycles.